The fourth-order valence-corrected chi connectivity index (χ4v) is 3.67. The molecule has 0 aromatic rings. The summed E-state index contributed by atoms with van der Waals surface area (Å²) < 4.78 is 5.60. The maximum absolute atomic E-state index is 9.75. The van der Waals surface area contributed by atoms with Crippen molar-refractivity contribution in [1.82, 2.24) is 9.80 Å². The van der Waals surface area contributed by atoms with Gasteiger partial charge in [-0.3, -0.25) is 0 Å². The Morgan fingerprint density at radius 2 is 1.79 bits per heavy atom. The Hall–Kier alpha value is -0.160. The quantitative estimate of drug-likeness (QED) is 0.786. The molecule has 0 spiro atoms. The molecule has 0 amide bonds. The highest BCUT2D eigenvalue weighted by molar-refractivity contribution is 4.98. The first-order valence-corrected chi connectivity index (χ1v) is 7.57. The van der Waals surface area contributed by atoms with Crippen LogP contribution in [0.3, 0.4) is 0 Å². The lowest BCUT2D eigenvalue weighted by Crippen LogP contribution is -2.58. The number of likely N-dealkylation sites (N-methyl/N-ethyl adjacent to an activating group) is 2. The predicted molar refractivity (Wildman–Crippen MR) is 77.3 cm³/mol. The van der Waals surface area contributed by atoms with Crippen LogP contribution in [0.1, 0.15) is 32.1 Å². The zero-order chi connectivity index (χ0) is 13.9. The summed E-state index contributed by atoms with van der Waals surface area (Å²) in [7, 11) is 6.58. The van der Waals surface area contributed by atoms with Crippen LogP contribution >= 0.6 is 0 Å². The van der Waals surface area contributed by atoms with Crippen LogP contribution in [-0.2, 0) is 4.74 Å². The van der Waals surface area contributed by atoms with Gasteiger partial charge in [0.25, 0.3) is 0 Å². The highest BCUT2D eigenvalue weighted by Gasteiger charge is 2.41. The lowest BCUT2D eigenvalue weighted by Gasteiger charge is -2.50. The summed E-state index contributed by atoms with van der Waals surface area (Å²) in [4.78, 5) is 4.79. The van der Waals surface area contributed by atoms with E-state index >= 15 is 0 Å². The zero-order valence-corrected chi connectivity index (χ0v) is 12.8. The first-order chi connectivity index (χ1) is 9.02. The van der Waals surface area contributed by atoms with Gasteiger partial charge in [0.1, 0.15) is 0 Å². The van der Waals surface area contributed by atoms with Crippen molar-refractivity contribution in [1.29, 1.82) is 0 Å². The molecule has 0 aromatic heterocycles. The van der Waals surface area contributed by atoms with Crippen molar-refractivity contribution >= 4 is 0 Å². The van der Waals surface area contributed by atoms with Crippen molar-refractivity contribution in [3.63, 3.8) is 0 Å². The monoisotopic (exact) mass is 270 g/mol. The molecule has 112 valence electrons. The first kappa shape index (κ1) is 15.2. The first-order valence-electron chi connectivity index (χ1n) is 7.57. The molecule has 1 N–H and O–H groups in total. The van der Waals surface area contributed by atoms with Crippen LogP contribution in [0, 0.1) is 5.41 Å². The minimum Gasteiger partial charge on any atom is -0.396 e. The fraction of sp³-hybridized carbons (Fsp3) is 1.00. The Kier molecular flexibility index (Phi) is 4.88. The molecule has 1 saturated heterocycles. The van der Waals surface area contributed by atoms with Crippen LogP contribution in [0.2, 0.25) is 0 Å². The Morgan fingerprint density at radius 1 is 1.05 bits per heavy atom. The SMILES string of the molecule is CN(CC1(CO)CCCOC1)CC1(N(C)C)CCC1. The van der Waals surface area contributed by atoms with Gasteiger partial charge in [-0.05, 0) is 53.2 Å². The lowest BCUT2D eigenvalue weighted by molar-refractivity contribution is -0.0624. The number of hydrogen-bond donors (Lipinski definition) is 1. The molecule has 0 radical (unpaired) electrons. The molecule has 2 aliphatic rings. The summed E-state index contributed by atoms with van der Waals surface area (Å²) in [6, 6.07) is 0. The molecule has 1 atom stereocenters. The van der Waals surface area contributed by atoms with Crippen molar-refractivity contribution in [2.24, 2.45) is 5.41 Å². The van der Waals surface area contributed by atoms with Crippen LogP contribution in [0.25, 0.3) is 0 Å². The Morgan fingerprint density at radius 3 is 2.21 bits per heavy atom. The second-order valence-electron chi connectivity index (χ2n) is 6.96. The van der Waals surface area contributed by atoms with Gasteiger partial charge in [0.05, 0.1) is 13.2 Å². The number of rotatable bonds is 6. The standard InChI is InChI=1S/C15H30N2O2/c1-16(2)15(7-4-8-15)11-17(3)10-14(12-18)6-5-9-19-13-14/h18H,4-13H2,1-3H3. The smallest absolute Gasteiger partial charge is 0.0556 e. The van der Waals surface area contributed by atoms with Gasteiger partial charge in [0.2, 0.25) is 0 Å². The van der Waals surface area contributed by atoms with E-state index in [4.69, 9.17) is 4.74 Å². The van der Waals surface area contributed by atoms with E-state index in [1.807, 2.05) is 0 Å². The molecule has 1 unspecified atom stereocenters. The van der Waals surface area contributed by atoms with Crippen molar-refractivity contribution in [3.05, 3.63) is 0 Å². The second-order valence-corrected chi connectivity index (χ2v) is 6.96. The molecule has 0 bridgehead atoms. The average molecular weight is 270 g/mol. The van der Waals surface area contributed by atoms with E-state index in [0.29, 0.717) is 12.1 Å². The zero-order valence-electron chi connectivity index (χ0n) is 12.8. The third kappa shape index (κ3) is 3.30. The average Bonchev–Trinajstić information content (AvgIpc) is 2.34. The molecule has 1 saturated carbocycles. The molecule has 2 fully saturated rings. The summed E-state index contributed by atoms with van der Waals surface area (Å²) in [5.74, 6) is 0. The minimum absolute atomic E-state index is 0.0375. The van der Waals surface area contributed by atoms with Gasteiger partial charge in [0.15, 0.2) is 0 Å². The summed E-state index contributed by atoms with van der Waals surface area (Å²) >= 11 is 0. The van der Waals surface area contributed by atoms with Crippen LogP contribution in [0.15, 0.2) is 0 Å². The second kappa shape index (κ2) is 6.08. The van der Waals surface area contributed by atoms with E-state index in [0.717, 1.165) is 32.5 Å². The van der Waals surface area contributed by atoms with Gasteiger partial charge < -0.3 is 19.6 Å². The minimum atomic E-state index is -0.0375. The van der Waals surface area contributed by atoms with Gasteiger partial charge in [-0.2, -0.15) is 0 Å². The van der Waals surface area contributed by atoms with E-state index in [2.05, 4.69) is 30.9 Å². The molecular formula is C15H30N2O2. The molecule has 0 aromatic carbocycles. The summed E-state index contributed by atoms with van der Waals surface area (Å²) in [6.45, 7) is 3.85. The van der Waals surface area contributed by atoms with E-state index in [9.17, 15) is 5.11 Å². The molecule has 19 heavy (non-hydrogen) atoms. The predicted octanol–water partition coefficient (Wildman–Crippen LogP) is 1.19. The van der Waals surface area contributed by atoms with Crippen molar-refractivity contribution in [2.45, 2.75) is 37.6 Å². The number of hydrogen-bond acceptors (Lipinski definition) is 4. The Bertz CT molecular complexity index is 284. The number of ether oxygens (including phenoxy) is 1. The molecule has 1 aliphatic carbocycles. The van der Waals surface area contributed by atoms with E-state index in [1.165, 1.54) is 19.3 Å². The molecule has 4 nitrogen and oxygen atoms in total. The fourth-order valence-electron chi connectivity index (χ4n) is 3.67. The van der Waals surface area contributed by atoms with Gasteiger partial charge in [0, 0.05) is 30.7 Å². The van der Waals surface area contributed by atoms with Gasteiger partial charge in [-0.15, -0.1) is 0 Å². The van der Waals surface area contributed by atoms with Crippen LogP contribution in [0.5, 0.6) is 0 Å². The lowest BCUT2D eigenvalue weighted by atomic mass is 9.74. The highest BCUT2D eigenvalue weighted by Crippen LogP contribution is 2.37. The molecular weight excluding hydrogens is 240 g/mol. The van der Waals surface area contributed by atoms with Crippen LogP contribution < -0.4 is 0 Å². The molecule has 4 heteroatoms. The van der Waals surface area contributed by atoms with Gasteiger partial charge in [-0.25, -0.2) is 0 Å². The molecule has 2 rings (SSSR count). The summed E-state index contributed by atoms with van der Waals surface area (Å²) in [5, 5.41) is 9.75. The topological polar surface area (TPSA) is 35.9 Å². The molecule has 1 heterocycles. The summed E-state index contributed by atoms with van der Waals surface area (Å²) in [6.07, 6.45) is 6.11. The molecule has 1 aliphatic heterocycles. The summed E-state index contributed by atoms with van der Waals surface area (Å²) in [5.41, 5.74) is 0.325. The third-order valence-corrected chi connectivity index (χ3v) is 5.14. The van der Waals surface area contributed by atoms with Gasteiger partial charge >= 0.3 is 0 Å². The largest absolute Gasteiger partial charge is 0.396 e. The maximum atomic E-state index is 9.75. The number of nitrogens with zero attached hydrogens (tertiary/aromatic N) is 2. The van der Waals surface area contributed by atoms with E-state index in [1.54, 1.807) is 0 Å². The Balaban J connectivity index is 1.90. The normalized spacial score (nSPS) is 30.6. The van der Waals surface area contributed by atoms with Crippen molar-refractivity contribution in [2.75, 3.05) is 54.1 Å². The van der Waals surface area contributed by atoms with Gasteiger partial charge in [-0.1, -0.05) is 0 Å². The maximum Gasteiger partial charge on any atom is 0.0556 e. The highest BCUT2D eigenvalue weighted by atomic mass is 16.5. The van der Waals surface area contributed by atoms with Crippen LogP contribution in [-0.4, -0.2) is 74.5 Å². The van der Waals surface area contributed by atoms with E-state index < -0.39 is 0 Å². The number of aliphatic hydroxyl groups excluding tert-OH is 1. The number of aliphatic hydroxyl groups is 1. The van der Waals surface area contributed by atoms with Crippen LogP contribution in [0.4, 0.5) is 0 Å². The van der Waals surface area contributed by atoms with Crippen molar-refractivity contribution < 1.29 is 9.84 Å². The van der Waals surface area contributed by atoms with Crippen molar-refractivity contribution in [3.8, 4) is 0 Å². The van der Waals surface area contributed by atoms with E-state index in [-0.39, 0.29) is 12.0 Å². The third-order valence-electron chi connectivity index (χ3n) is 5.14. The Labute approximate surface area is 117 Å².